The number of hydrogen-bond acceptors (Lipinski definition) is 2. The van der Waals surface area contributed by atoms with Crippen LogP contribution in [0, 0.1) is 23.3 Å². The maximum absolute atomic E-state index is 13.5. The molecule has 9 heteroatoms. The van der Waals surface area contributed by atoms with Gasteiger partial charge in [0.2, 0.25) is 0 Å². The molecule has 0 aliphatic rings. The van der Waals surface area contributed by atoms with Crippen LogP contribution in [0.25, 0.3) is 0 Å². The Labute approximate surface area is 124 Å². The number of halogens is 5. The number of nitrogens with one attached hydrogen (secondary N) is 1. The van der Waals surface area contributed by atoms with Crippen LogP contribution in [0.5, 0.6) is 0 Å². The Morgan fingerprint density at radius 3 is 2.33 bits per heavy atom. The van der Waals surface area contributed by atoms with E-state index in [0.717, 1.165) is 0 Å². The topological polar surface area (TPSA) is 46.9 Å². The Bertz CT molecular complexity index is 691. The Balaban J connectivity index is 2.38. The number of carbonyl (C=O) groups is 1. The molecular formula is C12H8BrF4N3O. The molecule has 0 unspecified atom stereocenters. The van der Waals surface area contributed by atoms with Crippen LogP contribution in [0.2, 0.25) is 0 Å². The summed E-state index contributed by atoms with van der Waals surface area (Å²) in [5.74, 6) is -7.59. The van der Waals surface area contributed by atoms with Crippen molar-refractivity contribution in [3.8, 4) is 0 Å². The van der Waals surface area contributed by atoms with Gasteiger partial charge in [0.25, 0.3) is 5.91 Å². The van der Waals surface area contributed by atoms with Gasteiger partial charge in [-0.25, -0.2) is 17.6 Å². The molecule has 112 valence electrons. The molecule has 0 fully saturated rings. The fourth-order valence-corrected chi connectivity index (χ4v) is 2.06. The van der Waals surface area contributed by atoms with E-state index in [0.29, 0.717) is 6.54 Å². The molecule has 2 rings (SSSR count). The Morgan fingerprint density at radius 2 is 1.86 bits per heavy atom. The van der Waals surface area contributed by atoms with Gasteiger partial charge in [0, 0.05) is 18.8 Å². The molecule has 1 N–H and O–H groups in total. The number of benzene rings is 1. The van der Waals surface area contributed by atoms with Crippen molar-refractivity contribution in [3.05, 3.63) is 45.7 Å². The van der Waals surface area contributed by atoms with Gasteiger partial charge in [-0.3, -0.25) is 9.48 Å². The highest BCUT2D eigenvalue weighted by atomic mass is 79.9. The lowest BCUT2D eigenvalue weighted by Crippen LogP contribution is -2.17. The minimum atomic E-state index is -1.69. The Morgan fingerprint density at radius 1 is 1.29 bits per heavy atom. The van der Waals surface area contributed by atoms with E-state index in [1.165, 1.54) is 10.9 Å². The van der Waals surface area contributed by atoms with E-state index in [1.807, 2.05) is 0 Å². The zero-order chi connectivity index (χ0) is 15.7. The minimum Gasteiger partial charge on any atom is -0.315 e. The van der Waals surface area contributed by atoms with E-state index in [9.17, 15) is 22.4 Å². The number of aryl methyl sites for hydroxylation is 1. The van der Waals surface area contributed by atoms with Crippen LogP contribution in [-0.4, -0.2) is 15.7 Å². The molecule has 0 spiro atoms. The zero-order valence-electron chi connectivity index (χ0n) is 10.6. The fraction of sp³-hybridized carbons (Fsp3) is 0.167. The monoisotopic (exact) mass is 365 g/mol. The fourth-order valence-electron chi connectivity index (χ4n) is 1.57. The van der Waals surface area contributed by atoms with Crippen LogP contribution in [0.1, 0.15) is 17.4 Å². The maximum Gasteiger partial charge on any atom is 0.277 e. The van der Waals surface area contributed by atoms with E-state index in [2.05, 4.69) is 21.0 Å². The van der Waals surface area contributed by atoms with Crippen molar-refractivity contribution in [1.82, 2.24) is 9.78 Å². The molecule has 0 atom stereocenters. The Kier molecular flexibility index (Phi) is 4.31. The largest absolute Gasteiger partial charge is 0.315 e. The summed E-state index contributed by atoms with van der Waals surface area (Å²) in [6.45, 7) is 2.23. The third-order valence-corrected chi connectivity index (χ3v) is 3.19. The predicted octanol–water partition coefficient (Wildman–Crippen LogP) is 3.47. The van der Waals surface area contributed by atoms with Gasteiger partial charge in [0.15, 0.2) is 29.0 Å². The van der Waals surface area contributed by atoms with Crippen molar-refractivity contribution >= 4 is 27.5 Å². The summed E-state index contributed by atoms with van der Waals surface area (Å²) in [4.78, 5) is 11.9. The first kappa shape index (κ1) is 15.5. The van der Waals surface area contributed by atoms with Gasteiger partial charge in [-0.2, -0.15) is 5.10 Å². The van der Waals surface area contributed by atoms with Crippen LogP contribution in [0.3, 0.4) is 0 Å². The molecule has 1 heterocycles. The number of nitrogens with zero attached hydrogens (tertiary/aromatic N) is 2. The summed E-state index contributed by atoms with van der Waals surface area (Å²) in [5, 5.41) is 5.63. The van der Waals surface area contributed by atoms with Gasteiger partial charge < -0.3 is 5.32 Å². The van der Waals surface area contributed by atoms with Crippen LogP contribution < -0.4 is 5.32 Å². The molecule has 0 saturated carbocycles. The minimum absolute atomic E-state index is 0.0576. The van der Waals surface area contributed by atoms with Gasteiger partial charge >= 0.3 is 0 Å². The summed E-state index contributed by atoms with van der Waals surface area (Å²) in [6.07, 6.45) is 1.48. The second-order valence-electron chi connectivity index (χ2n) is 3.98. The molecule has 1 amide bonds. The molecule has 4 nitrogen and oxygen atoms in total. The smallest absolute Gasteiger partial charge is 0.277 e. The number of carbonyl (C=O) groups excluding carboxylic acids is 1. The number of rotatable bonds is 3. The van der Waals surface area contributed by atoms with Crippen molar-refractivity contribution in [2.75, 3.05) is 5.32 Å². The summed E-state index contributed by atoms with van der Waals surface area (Å²) in [6, 6.07) is 0.0576. The lowest BCUT2D eigenvalue weighted by atomic mass is 10.2. The molecule has 21 heavy (non-hydrogen) atoms. The molecule has 1 aromatic carbocycles. The molecule has 0 bridgehead atoms. The maximum atomic E-state index is 13.5. The molecule has 0 radical (unpaired) electrons. The summed E-state index contributed by atoms with van der Waals surface area (Å²) in [7, 11) is 0. The lowest BCUT2D eigenvalue weighted by molar-refractivity contribution is 0.101. The van der Waals surface area contributed by atoms with Gasteiger partial charge in [-0.15, -0.1) is 0 Å². The van der Waals surface area contributed by atoms with Gasteiger partial charge in [0.05, 0.1) is 4.47 Å². The number of anilines is 1. The van der Waals surface area contributed by atoms with Crippen LogP contribution >= 0.6 is 15.9 Å². The van der Waals surface area contributed by atoms with Gasteiger partial charge in [-0.1, -0.05) is 0 Å². The second kappa shape index (κ2) is 5.84. The van der Waals surface area contributed by atoms with Crippen LogP contribution in [0.4, 0.5) is 23.2 Å². The SMILES string of the molecule is CCn1cc(Br)c(C(=O)Nc2c(F)c(F)cc(F)c2F)n1. The van der Waals surface area contributed by atoms with Crippen LogP contribution in [0.15, 0.2) is 16.7 Å². The molecule has 2 aromatic rings. The van der Waals surface area contributed by atoms with Crippen molar-refractivity contribution in [3.63, 3.8) is 0 Å². The van der Waals surface area contributed by atoms with Crippen molar-refractivity contribution < 1.29 is 22.4 Å². The molecule has 1 aromatic heterocycles. The second-order valence-corrected chi connectivity index (χ2v) is 4.83. The van der Waals surface area contributed by atoms with Gasteiger partial charge in [0.1, 0.15) is 5.69 Å². The average Bonchev–Trinajstić information content (AvgIpc) is 2.82. The van der Waals surface area contributed by atoms with E-state index in [-0.39, 0.29) is 16.2 Å². The number of hydrogen-bond donors (Lipinski definition) is 1. The number of amides is 1. The average molecular weight is 366 g/mol. The quantitative estimate of drug-likeness (QED) is 0.668. The summed E-state index contributed by atoms with van der Waals surface area (Å²) in [5.41, 5.74) is -1.37. The first-order chi connectivity index (χ1) is 9.85. The van der Waals surface area contributed by atoms with Crippen molar-refractivity contribution in [1.29, 1.82) is 0 Å². The Hall–Kier alpha value is -1.90. The summed E-state index contributed by atoms with van der Waals surface area (Å²) >= 11 is 3.06. The third-order valence-electron chi connectivity index (χ3n) is 2.61. The first-order valence-corrected chi connectivity index (χ1v) is 6.51. The van der Waals surface area contributed by atoms with Gasteiger partial charge in [-0.05, 0) is 22.9 Å². The molecular weight excluding hydrogens is 358 g/mol. The standard InChI is InChI=1S/C12H8BrF4N3O/c1-2-20-4-5(13)10(19-20)12(21)18-11-8(16)6(14)3-7(15)9(11)17/h3-4H,2H2,1H3,(H,18,21). The third kappa shape index (κ3) is 2.92. The van der Waals surface area contributed by atoms with E-state index in [4.69, 9.17) is 0 Å². The highest BCUT2D eigenvalue weighted by Gasteiger charge is 2.23. The lowest BCUT2D eigenvalue weighted by Gasteiger charge is -2.08. The van der Waals surface area contributed by atoms with Crippen LogP contribution in [-0.2, 0) is 6.54 Å². The zero-order valence-corrected chi connectivity index (χ0v) is 12.1. The predicted molar refractivity (Wildman–Crippen MR) is 69.8 cm³/mol. The van der Waals surface area contributed by atoms with E-state index in [1.54, 1.807) is 12.2 Å². The highest BCUT2D eigenvalue weighted by Crippen LogP contribution is 2.25. The van der Waals surface area contributed by atoms with E-state index >= 15 is 0 Å². The van der Waals surface area contributed by atoms with Crippen molar-refractivity contribution in [2.24, 2.45) is 0 Å². The van der Waals surface area contributed by atoms with Crippen molar-refractivity contribution in [2.45, 2.75) is 13.5 Å². The van der Waals surface area contributed by atoms with E-state index < -0.39 is 34.9 Å². The molecule has 0 aliphatic heterocycles. The number of aromatic nitrogens is 2. The summed E-state index contributed by atoms with van der Waals surface area (Å²) < 4.78 is 54.7. The molecule has 0 saturated heterocycles. The molecule has 0 aliphatic carbocycles. The highest BCUT2D eigenvalue weighted by molar-refractivity contribution is 9.10. The normalized spacial score (nSPS) is 10.8. The first-order valence-electron chi connectivity index (χ1n) is 5.72.